The molecule has 2 rings (SSSR count). The highest BCUT2D eigenvalue weighted by Crippen LogP contribution is 2.29. The predicted octanol–water partition coefficient (Wildman–Crippen LogP) is 4.08. The summed E-state index contributed by atoms with van der Waals surface area (Å²) >= 11 is 6.06. The second kappa shape index (κ2) is 6.66. The van der Waals surface area contributed by atoms with Crippen molar-refractivity contribution in [3.8, 4) is 5.75 Å². The maximum absolute atomic E-state index is 6.06. The Hall–Kier alpha value is -1.68. The summed E-state index contributed by atoms with van der Waals surface area (Å²) in [5, 5.41) is 11.3. The fraction of sp³-hybridized carbons (Fsp3) is 0.400. The van der Waals surface area contributed by atoms with Crippen molar-refractivity contribution in [3.05, 3.63) is 40.2 Å². The van der Waals surface area contributed by atoms with Gasteiger partial charge in [-0.2, -0.15) is 5.10 Å². The second-order valence-corrected chi connectivity index (χ2v) is 5.19. The van der Waals surface area contributed by atoms with Crippen molar-refractivity contribution < 1.29 is 4.74 Å². The zero-order valence-corrected chi connectivity index (χ0v) is 12.8. The van der Waals surface area contributed by atoms with Crippen LogP contribution in [0.5, 0.6) is 5.75 Å². The molecule has 0 aliphatic rings. The van der Waals surface area contributed by atoms with Crippen LogP contribution >= 0.6 is 11.6 Å². The quantitative estimate of drug-likeness (QED) is 0.844. The van der Waals surface area contributed by atoms with Crippen molar-refractivity contribution in [1.29, 1.82) is 0 Å². The first-order chi connectivity index (χ1) is 9.61. The van der Waals surface area contributed by atoms with E-state index < -0.39 is 0 Å². The summed E-state index contributed by atoms with van der Waals surface area (Å²) < 4.78 is 5.73. The van der Waals surface area contributed by atoms with Gasteiger partial charge in [0.15, 0.2) is 0 Å². The monoisotopic (exact) mass is 293 g/mol. The summed E-state index contributed by atoms with van der Waals surface area (Å²) in [5.41, 5.74) is 4.17. The number of nitrogens with one attached hydrogen (secondary N) is 2. The third-order valence-electron chi connectivity index (χ3n) is 3.14. The number of halogens is 1. The minimum absolute atomic E-state index is 0.691. The molecule has 0 saturated heterocycles. The van der Waals surface area contributed by atoms with E-state index in [0.717, 1.165) is 29.2 Å². The average Bonchev–Trinajstić information content (AvgIpc) is 2.75. The van der Waals surface area contributed by atoms with Crippen molar-refractivity contribution in [2.75, 3.05) is 11.9 Å². The van der Waals surface area contributed by atoms with Crippen molar-refractivity contribution in [2.24, 2.45) is 0 Å². The van der Waals surface area contributed by atoms with Gasteiger partial charge in [-0.05, 0) is 38.5 Å². The van der Waals surface area contributed by atoms with Crippen molar-refractivity contribution in [3.63, 3.8) is 0 Å². The van der Waals surface area contributed by atoms with Crippen molar-refractivity contribution >= 4 is 17.3 Å². The number of aromatic nitrogens is 2. The summed E-state index contributed by atoms with van der Waals surface area (Å²) in [5.74, 6) is 0.829. The molecule has 0 bridgehead atoms. The molecule has 4 nitrogen and oxygen atoms in total. The first kappa shape index (κ1) is 14.7. The van der Waals surface area contributed by atoms with Gasteiger partial charge in [-0.1, -0.05) is 18.5 Å². The molecule has 0 unspecified atom stereocenters. The standard InChI is InChI=1S/C15H20ClN3O/c1-4-7-20-15-6-5-12(16)8-14(15)17-9-13-10(2)18-19-11(13)3/h5-6,8,17H,4,7,9H2,1-3H3,(H,18,19). The lowest BCUT2D eigenvalue weighted by Gasteiger charge is -2.13. The molecule has 0 atom stereocenters. The van der Waals surface area contributed by atoms with Crippen LogP contribution in [0.3, 0.4) is 0 Å². The Morgan fingerprint density at radius 2 is 2.15 bits per heavy atom. The number of aryl methyl sites for hydroxylation is 2. The number of H-pyrrole nitrogens is 1. The van der Waals surface area contributed by atoms with Crippen LogP contribution in [0.2, 0.25) is 5.02 Å². The van der Waals surface area contributed by atoms with E-state index in [0.29, 0.717) is 18.2 Å². The maximum atomic E-state index is 6.06. The molecule has 1 aromatic heterocycles. The van der Waals surface area contributed by atoms with Crippen LogP contribution in [0.25, 0.3) is 0 Å². The topological polar surface area (TPSA) is 49.9 Å². The van der Waals surface area contributed by atoms with Gasteiger partial charge in [0.05, 0.1) is 18.0 Å². The number of ether oxygens (including phenoxy) is 1. The van der Waals surface area contributed by atoms with Gasteiger partial charge in [0.25, 0.3) is 0 Å². The SMILES string of the molecule is CCCOc1ccc(Cl)cc1NCc1c(C)n[nH]c1C. The number of rotatable bonds is 6. The molecule has 0 amide bonds. The molecule has 1 aromatic carbocycles. The van der Waals surface area contributed by atoms with E-state index in [9.17, 15) is 0 Å². The Morgan fingerprint density at radius 1 is 1.35 bits per heavy atom. The highest BCUT2D eigenvalue weighted by molar-refractivity contribution is 6.30. The fourth-order valence-electron chi connectivity index (χ4n) is 2.00. The van der Waals surface area contributed by atoms with Gasteiger partial charge in [-0.25, -0.2) is 0 Å². The van der Waals surface area contributed by atoms with Crippen LogP contribution in [-0.4, -0.2) is 16.8 Å². The van der Waals surface area contributed by atoms with Crippen LogP contribution in [-0.2, 0) is 6.54 Å². The van der Waals surface area contributed by atoms with Gasteiger partial charge in [0.1, 0.15) is 5.75 Å². The molecule has 5 heteroatoms. The highest BCUT2D eigenvalue weighted by atomic mass is 35.5. The van der Waals surface area contributed by atoms with E-state index in [1.54, 1.807) is 0 Å². The lowest BCUT2D eigenvalue weighted by Crippen LogP contribution is -2.05. The zero-order chi connectivity index (χ0) is 14.5. The average molecular weight is 294 g/mol. The molecule has 0 aliphatic carbocycles. The van der Waals surface area contributed by atoms with Crippen molar-refractivity contribution in [1.82, 2.24) is 10.2 Å². The molecule has 0 radical (unpaired) electrons. The first-order valence-corrected chi connectivity index (χ1v) is 7.16. The fourth-order valence-corrected chi connectivity index (χ4v) is 2.17. The number of hydrogen-bond acceptors (Lipinski definition) is 3. The minimum Gasteiger partial charge on any atom is -0.491 e. The predicted molar refractivity (Wildman–Crippen MR) is 82.6 cm³/mol. The minimum atomic E-state index is 0.691. The molecule has 2 N–H and O–H groups in total. The van der Waals surface area contributed by atoms with E-state index in [1.165, 1.54) is 5.56 Å². The lowest BCUT2D eigenvalue weighted by atomic mass is 10.2. The van der Waals surface area contributed by atoms with Gasteiger partial charge in [-0.15, -0.1) is 0 Å². The number of hydrogen-bond donors (Lipinski definition) is 2. The van der Waals surface area contributed by atoms with E-state index >= 15 is 0 Å². The van der Waals surface area contributed by atoms with E-state index in [4.69, 9.17) is 16.3 Å². The molecule has 1 heterocycles. The Balaban J connectivity index is 2.13. The number of anilines is 1. The van der Waals surface area contributed by atoms with Gasteiger partial charge in [0, 0.05) is 22.8 Å². The number of aromatic amines is 1. The second-order valence-electron chi connectivity index (χ2n) is 4.76. The summed E-state index contributed by atoms with van der Waals surface area (Å²) in [7, 11) is 0. The molecule has 20 heavy (non-hydrogen) atoms. The van der Waals surface area contributed by atoms with Crippen LogP contribution in [0.4, 0.5) is 5.69 Å². The van der Waals surface area contributed by atoms with Gasteiger partial charge < -0.3 is 10.1 Å². The summed E-state index contributed by atoms with van der Waals surface area (Å²) in [6, 6.07) is 5.62. The summed E-state index contributed by atoms with van der Waals surface area (Å²) in [6.45, 7) is 7.48. The largest absolute Gasteiger partial charge is 0.491 e. The molecule has 108 valence electrons. The van der Waals surface area contributed by atoms with Gasteiger partial charge in [-0.3, -0.25) is 5.10 Å². The Morgan fingerprint density at radius 3 is 2.80 bits per heavy atom. The molecule has 0 aliphatic heterocycles. The van der Waals surface area contributed by atoms with Crippen LogP contribution in [0.15, 0.2) is 18.2 Å². The number of benzene rings is 1. The maximum Gasteiger partial charge on any atom is 0.142 e. The summed E-state index contributed by atoms with van der Waals surface area (Å²) in [4.78, 5) is 0. The molecular weight excluding hydrogens is 274 g/mol. The Labute approximate surface area is 124 Å². The third kappa shape index (κ3) is 3.45. The highest BCUT2D eigenvalue weighted by Gasteiger charge is 2.09. The van der Waals surface area contributed by atoms with Crippen LogP contribution < -0.4 is 10.1 Å². The first-order valence-electron chi connectivity index (χ1n) is 6.78. The third-order valence-corrected chi connectivity index (χ3v) is 3.37. The summed E-state index contributed by atoms with van der Waals surface area (Å²) in [6.07, 6.45) is 0.974. The molecule has 0 spiro atoms. The lowest BCUT2D eigenvalue weighted by molar-refractivity contribution is 0.319. The Kier molecular flexibility index (Phi) is 4.90. The molecular formula is C15H20ClN3O. The molecule has 2 aromatic rings. The Bertz CT molecular complexity index is 561. The van der Waals surface area contributed by atoms with E-state index in [1.807, 2.05) is 32.0 Å². The molecule has 0 fully saturated rings. The zero-order valence-electron chi connectivity index (χ0n) is 12.1. The van der Waals surface area contributed by atoms with Gasteiger partial charge in [0.2, 0.25) is 0 Å². The van der Waals surface area contributed by atoms with Crippen LogP contribution in [0, 0.1) is 13.8 Å². The van der Waals surface area contributed by atoms with E-state index in [2.05, 4.69) is 22.4 Å². The number of nitrogens with zero attached hydrogens (tertiary/aromatic N) is 1. The van der Waals surface area contributed by atoms with E-state index in [-0.39, 0.29) is 0 Å². The van der Waals surface area contributed by atoms with Crippen LogP contribution in [0.1, 0.15) is 30.3 Å². The molecule has 0 saturated carbocycles. The van der Waals surface area contributed by atoms with Crippen molar-refractivity contribution in [2.45, 2.75) is 33.7 Å². The normalized spacial score (nSPS) is 10.6. The smallest absolute Gasteiger partial charge is 0.142 e. The van der Waals surface area contributed by atoms with Gasteiger partial charge >= 0.3 is 0 Å².